The van der Waals surface area contributed by atoms with E-state index in [0.717, 1.165) is 0 Å². The van der Waals surface area contributed by atoms with Gasteiger partial charge in [0.2, 0.25) is 0 Å². The normalized spacial score (nSPS) is 14.8. The lowest BCUT2D eigenvalue weighted by molar-refractivity contribution is 0.0697. The molecule has 1 fully saturated rings. The molecule has 0 amide bonds. The molecule has 0 saturated heterocycles. The third-order valence-corrected chi connectivity index (χ3v) is 4.01. The summed E-state index contributed by atoms with van der Waals surface area (Å²) in [6.07, 6.45) is 3.73. The Morgan fingerprint density at radius 3 is 2.35 bits per heavy atom. The third kappa shape index (κ3) is 2.31. The fraction of sp³-hybridized carbons (Fsp3) is 0.235. The second-order valence-corrected chi connectivity index (χ2v) is 5.25. The van der Waals surface area contributed by atoms with Crippen LogP contribution in [0, 0.1) is 5.82 Å². The maximum absolute atomic E-state index is 13.9. The highest BCUT2D eigenvalue weighted by molar-refractivity contribution is 5.89. The van der Waals surface area contributed by atoms with Gasteiger partial charge < -0.3 is 5.11 Å². The number of carboxylic acids is 1. The predicted octanol–water partition coefficient (Wildman–Crippen LogP) is 4.46. The molecule has 0 aliphatic heterocycles. The molecule has 0 heterocycles. The van der Waals surface area contributed by atoms with Gasteiger partial charge in [-0.1, -0.05) is 30.7 Å². The van der Waals surface area contributed by atoms with Gasteiger partial charge in [-0.05, 0) is 48.1 Å². The van der Waals surface area contributed by atoms with Gasteiger partial charge >= 0.3 is 5.97 Å². The Balaban J connectivity index is 1.95. The van der Waals surface area contributed by atoms with Gasteiger partial charge in [0.25, 0.3) is 0 Å². The topological polar surface area (TPSA) is 37.3 Å². The van der Waals surface area contributed by atoms with Crippen LogP contribution in [0.3, 0.4) is 0 Å². The molecule has 3 rings (SSSR count). The zero-order chi connectivity index (χ0) is 14.1. The predicted molar refractivity (Wildman–Crippen MR) is 75.4 cm³/mol. The number of benzene rings is 2. The summed E-state index contributed by atoms with van der Waals surface area (Å²) >= 11 is 0. The maximum Gasteiger partial charge on any atom is 0.335 e. The highest BCUT2D eigenvalue weighted by Crippen LogP contribution is 2.37. The van der Waals surface area contributed by atoms with E-state index < -0.39 is 11.8 Å². The largest absolute Gasteiger partial charge is 0.478 e. The molecule has 1 aliphatic rings. The van der Waals surface area contributed by atoms with Gasteiger partial charge in [0, 0.05) is 5.56 Å². The van der Waals surface area contributed by atoms with Gasteiger partial charge in [0.05, 0.1) is 5.56 Å². The summed E-state index contributed by atoms with van der Waals surface area (Å²) in [6, 6.07) is 11.7. The molecule has 3 heteroatoms. The van der Waals surface area contributed by atoms with Gasteiger partial charge in [-0.2, -0.15) is 0 Å². The summed E-state index contributed by atoms with van der Waals surface area (Å²) in [5.74, 6) is -0.803. The maximum atomic E-state index is 13.9. The minimum atomic E-state index is -1.04. The molecule has 102 valence electrons. The minimum absolute atomic E-state index is 0.101. The highest BCUT2D eigenvalue weighted by Gasteiger charge is 2.19. The number of carboxylic acid groups (broad SMARTS) is 1. The monoisotopic (exact) mass is 270 g/mol. The number of halogens is 1. The van der Waals surface area contributed by atoms with Crippen molar-refractivity contribution in [2.24, 2.45) is 0 Å². The van der Waals surface area contributed by atoms with Crippen LogP contribution < -0.4 is 0 Å². The van der Waals surface area contributed by atoms with Crippen molar-refractivity contribution in [3.05, 3.63) is 59.4 Å². The Hall–Kier alpha value is -2.16. The summed E-state index contributed by atoms with van der Waals surface area (Å²) < 4.78 is 13.9. The van der Waals surface area contributed by atoms with E-state index >= 15 is 0 Å². The molecule has 0 spiro atoms. The molecule has 0 unspecified atom stereocenters. The van der Waals surface area contributed by atoms with E-state index in [2.05, 4.69) is 0 Å². The number of hydrogen-bond acceptors (Lipinski definition) is 1. The van der Waals surface area contributed by atoms with Crippen LogP contribution in [-0.4, -0.2) is 11.1 Å². The average molecular weight is 270 g/mol. The lowest BCUT2D eigenvalue weighted by Gasteiger charge is -2.25. The first-order valence-electron chi connectivity index (χ1n) is 6.78. The Morgan fingerprint density at radius 1 is 1.10 bits per heavy atom. The molecule has 1 aliphatic carbocycles. The average Bonchev–Trinajstić information content (AvgIpc) is 2.38. The van der Waals surface area contributed by atoms with Crippen molar-refractivity contribution < 1.29 is 14.3 Å². The molecule has 2 aromatic carbocycles. The van der Waals surface area contributed by atoms with E-state index in [9.17, 15) is 9.18 Å². The molecule has 1 N–H and O–H groups in total. The van der Waals surface area contributed by atoms with Crippen molar-refractivity contribution in [1.82, 2.24) is 0 Å². The standard InChI is InChI=1S/C17H15FO2/c18-16-9-8-14(17(19)20)10-15(16)13-6-4-12(5-7-13)11-2-1-3-11/h4-11H,1-3H2,(H,19,20). The van der Waals surface area contributed by atoms with E-state index in [1.807, 2.05) is 24.3 Å². The Bertz CT molecular complexity index is 643. The van der Waals surface area contributed by atoms with Gasteiger partial charge in [0.1, 0.15) is 5.82 Å². The lowest BCUT2D eigenvalue weighted by atomic mass is 9.80. The first kappa shape index (κ1) is 12.9. The van der Waals surface area contributed by atoms with Crippen LogP contribution in [0.15, 0.2) is 42.5 Å². The third-order valence-electron chi connectivity index (χ3n) is 4.01. The highest BCUT2D eigenvalue weighted by atomic mass is 19.1. The van der Waals surface area contributed by atoms with Crippen LogP contribution in [0.2, 0.25) is 0 Å². The molecule has 0 radical (unpaired) electrons. The quantitative estimate of drug-likeness (QED) is 0.894. The van der Waals surface area contributed by atoms with Crippen molar-refractivity contribution in [2.75, 3.05) is 0 Å². The van der Waals surface area contributed by atoms with E-state index in [4.69, 9.17) is 5.11 Å². The Morgan fingerprint density at radius 2 is 1.80 bits per heavy atom. The molecule has 0 atom stereocenters. The summed E-state index contributed by atoms with van der Waals surface area (Å²) in [7, 11) is 0. The zero-order valence-corrected chi connectivity index (χ0v) is 11.0. The number of aromatic carboxylic acids is 1. The SMILES string of the molecule is O=C(O)c1ccc(F)c(-c2ccc(C3CCC3)cc2)c1. The van der Waals surface area contributed by atoms with E-state index in [1.54, 1.807) is 0 Å². The second-order valence-electron chi connectivity index (χ2n) is 5.25. The van der Waals surface area contributed by atoms with Crippen LogP contribution in [0.25, 0.3) is 11.1 Å². The van der Waals surface area contributed by atoms with Crippen LogP contribution in [0.5, 0.6) is 0 Å². The van der Waals surface area contributed by atoms with E-state index in [0.29, 0.717) is 17.0 Å². The van der Waals surface area contributed by atoms with E-state index in [1.165, 1.54) is 43.0 Å². The summed E-state index contributed by atoms with van der Waals surface area (Å²) in [5, 5.41) is 8.98. The first-order valence-corrected chi connectivity index (χ1v) is 6.78. The van der Waals surface area contributed by atoms with Gasteiger partial charge in [-0.15, -0.1) is 0 Å². The van der Waals surface area contributed by atoms with Gasteiger partial charge in [0.15, 0.2) is 0 Å². The van der Waals surface area contributed by atoms with Crippen molar-refractivity contribution in [3.8, 4) is 11.1 Å². The molecule has 1 saturated carbocycles. The number of rotatable bonds is 3. The molecule has 2 aromatic rings. The van der Waals surface area contributed by atoms with Crippen LogP contribution in [-0.2, 0) is 0 Å². The van der Waals surface area contributed by atoms with Crippen molar-refractivity contribution in [1.29, 1.82) is 0 Å². The lowest BCUT2D eigenvalue weighted by Crippen LogP contribution is -2.08. The summed E-state index contributed by atoms with van der Waals surface area (Å²) in [4.78, 5) is 11.0. The molecule has 0 bridgehead atoms. The van der Waals surface area contributed by atoms with Crippen LogP contribution in [0.4, 0.5) is 4.39 Å². The zero-order valence-electron chi connectivity index (χ0n) is 11.0. The number of carbonyl (C=O) groups is 1. The fourth-order valence-corrected chi connectivity index (χ4v) is 2.56. The molecular weight excluding hydrogens is 255 g/mol. The van der Waals surface area contributed by atoms with Crippen molar-refractivity contribution in [3.63, 3.8) is 0 Å². The van der Waals surface area contributed by atoms with Crippen molar-refractivity contribution in [2.45, 2.75) is 25.2 Å². The smallest absolute Gasteiger partial charge is 0.335 e. The van der Waals surface area contributed by atoms with Crippen LogP contribution in [0.1, 0.15) is 41.1 Å². The Labute approximate surface area is 116 Å². The molecule has 20 heavy (non-hydrogen) atoms. The second kappa shape index (κ2) is 5.08. The molecular formula is C17H15FO2. The number of hydrogen-bond donors (Lipinski definition) is 1. The van der Waals surface area contributed by atoms with Crippen molar-refractivity contribution >= 4 is 5.97 Å². The fourth-order valence-electron chi connectivity index (χ4n) is 2.56. The van der Waals surface area contributed by atoms with Crippen LogP contribution >= 0.6 is 0 Å². The summed E-state index contributed by atoms with van der Waals surface area (Å²) in [5.41, 5.74) is 2.44. The Kier molecular flexibility index (Phi) is 3.26. The van der Waals surface area contributed by atoms with E-state index in [-0.39, 0.29) is 5.56 Å². The van der Waals surface area contributed by atoms with Gasteiger partial charge in [-0.3, -0.25) is 0 Å². The minimum Gasteiger partial charge on any atom is -0.478 e. The first-order chi connectivity index (χ1) is 9.65. The molecule has 2 nitrogen and oxygen atoms in total. The molecule has 0 aromatic heterocycles. The summed E-state index contributed by atoms with van der Waals surface area (Å²) in [6.45, 7) is 0. The van der Waals surface area contributed by atoms with Gasteiger partial charge in [-0.25, -0.2) is 9.18 Å².